The first kappa shape index (κ1) is 11.5. The van der Waals surface area contributed by atoms with Crippen molar-refractivity contribution in [2.45, 2.75) is 19.3 Å². The van der Waals surface area contributed by atoms with Crippen LogP contribution in [-0.2, 0) is 9.59 Å². The Kier molecular flexibility index (Phi) is 2.79. The first-order valence-electron chi connectivity index (χ1n) is 5.29. The summed E-state index contributed by atoms with van der Waals surface area (Å²) in [6.45, 7) is 1.78. The zero-order chi connectivity index (χ0) is 12.6. The van der Waals surface area contributed by atoms with Gasteiger partial charge in [0, 0.05) is 12.5 Å². The molecule has 0 amide bonds. The highest BCUT2D eigenvalue weighted by Crippen LogP contribution is 2.29. The number of carbonyl (C=O) groups excluding carboxylic acids is 2. The maximum Gasteiger partial charge on any atom is 0.186 e. The van der Waals surface area contributed by atoms with Crippen LogP contribution in [-0.4, -0.2) is 11.6 Å². The van der Waals surface area contributed by atoms with Crippen molar-refractivity contribution in [3.63, 3.8) is 0 Å². The predicted molar refractivity (Wildman–Crippen MR) is 60.8 cm³/mol. The van der Waals surface area contributed by atoms with E-state index in [-0.39, 0.29) is 23.7 Å². The molecule has 1 unspecified atom stereocenters. The Morgan fingerprint density at radius 1 is 1.35 bits per heavy atom. The highest BCUT2D eigenvalue weighted by atomic mass is 19.1. The molecular formula is C13H12FNO2. The number of Topliss-reactive ketones (excluding diaryl/α,β-unsaturated/α-hetero) is 1. The maximum atomic E-state index is 13.2. The highest BCUT2D eigenvalue weighted by Gasteiger charge is 2.30. The van der Waals surface area contributed by atoms with Gasteiger partial charge in [-0.15, -0.1) is 0 Å². The molecule has 3 nitrogen and oxygen atoms in total. The van der Waals surface area contributed by atoms with Crippen LogP contribution in [0.15, 0.2) is 30.0 Å². The van der Waals surface area contributed by atoms with Gasteiger partial charge < -0.3 is 5.73 Å². The van der Waals surface area contributed by atoms with Crippen LogP contribution >= 0.6 is 0 Å². The average Bonchev–Trinajstić information content (AvgIpc) is 2.27. The van der Waals surface area contributed by atoms with Gasteiger partial charge in [-0.25, -0.2) is 4.39 Å². The fourth-order valence-corrected chi connectivity index (χ4v) is 2.04. The third kappa shape index (κ3) is 2.11. The van der Waals surface area contributed by atoms with Gasteiger partial charge in [-0.05, 0) is 30.2 Å². The van der Waals surface area contributed by atoms with E-state index in [0.29, 0.717) is 5.56 Å². The van der Waals surface area contributed by atoms with Crippen LogP contribution in [0.1, 0.15) is 23.5 Å². The van der Waals surface area contributed by atoms with Crippen LogP contribution in [0, 0.1) is 12.7 Å². The second kappa shape index (κ2) is 4.13. The first-order valence-corrected chi connectivity index (χ1v) is 5.29. The molecule has 4 heteroatoms. The van der Waals surface area contributed by atoms with Gasteiger partial charge in [0.05, 0.1) is 11.6 Å². The topological polar surface area (TPSA) is 60.2 Å². The van der Waals surface area contributed by atoms with Crippen molar-refractivity contribution in [3.05, 3.63) is 46.9 Å². The monoisotopic (exact) mass is 233 g/mol. The third-order valence-electron chi connectivity index (χ3n) is 2.94. The lowest BCUT2D eigenvalue weighted by molar-refractivity contribution is -0.123. The molecule has 1 aromatic carbocycles. The minimum absolute atomic E-state index is 0.0464. The molecule has 2 N–H and O–H groups in total. The maximum absolute atomic E-state index is 13.2. The molecule has 0 radical (unpaired) electrons. The predicted octanol–water partition coefficient (Wildman–Crippen LogP) is 1.60. The van der Waals surface area contributed by atoms with Crippen molar-refractivity contribution in [1.82, 2.24) is 0 Å². The zero-order valence-electron chi connectivity index (χ0n) is 9.37. The third-order valence-corrected chi connectivity index (χ3v) is 2.94. The largest absolute Gasteiger partial charge is 0.396 e. The fourth-order valence-electron chi connectivity index (χ4n) is 2.04. The Balaban J connectivity index is 2.47. The Labute approximate surface area is 98.1 Å². The van der Waals surface area contributed by atoms with Crippen molar-refractivity contribution in [1.29, 1.82) is 0 Å². The molecule has 88 valence electrons. The van der Waals surface area contributed by atoms with Crippen molar-refractivity contribution in [3.8, 4) is 0 Å². The van der Waals surface area contributed by atoms with Gasteiger partial charge in [-0.2, -0.15) is 0 Å². The number of halogens is 1. The lowest BCUT2D eigenvalue weighted by Gasteiger charge is -2.20. The molecule has 1 aliphatic rings. The standard InChI is InChI=1S/C13H12FNO2/c1-7-2-3-8(14)4-10(7)11-5-9(16)6-12(15)13(11)17/h2-4,6,11H,5,15H2,1H3. The SMILES string of the molecule is Cc1ccc(F)cc1C1CC(=O)C=C(N)C1=O. The van der Waals surface area contributed by atoms with E-state index in [1.807, 2.05) is 0 Å². The van der Waals surface area contributed by atoms with E-state index in [0.717, 1.165) is 11.6 Å². The molecule has 0 aromatic heterocycles. The highest BCUT2D eigenvalue weighted by molar-refractivity contribution is 6.11. The Hall–Kier alpha value is -1.97. The summed E-state index contributed by atoms with van der Waals surface area (Å²) in [6, 6.07) is 4.22. The van der Waals surface area contributed by atoms with E-state index in [9.17, 15) is 14.0 Å². The number of aryl methyl sites for hydroxylation is 1. The van der Waals surface area contributed by atoms with Gasteiger partial charge >= 0.3 is 0 Å². The summed E-state index contributed by atoms with van der Waals surface area (Å²) in [7, 11) is 0. The minimum Gasteiger partial charge on any atom is -0.396 e. The molecular weight excluding hydrogens is 221 g/mol. The van der Waals surface area contributed by atoms with Crippen LogP contribution < -0.4 is 5.73 Å². The van der Waals surface area contributed by atoms with Crippen molar-refractivity contribution in [2.75, 3.05) is 0 Å². The molecule has 1 atom stereocenters. The van der Waals surface area contributed by atoms with E-state index in [1.54, 1.807) is 13.0 Å². The molecule has 1 aliphatic carbocycles. The molecule has 0 saturated carbocycles. The molecule has 17 heavy (non-hydrogen) atoms. The molecule has 0 heterocycles. The molecule has 1 aromatic rings. The summed E-state index contributed by atoms with van der Waals surface area (Å²) >= 11 is 0. The lowest BCUT2D eigenvalue weighted by atomic mass is 9.82. The number of carbonyl (C=O) groups is 2. The second-order valence-electron chi connectivity index (χ2n) is 4.19. The molecule has 0 saturated heterocycles. The van der Waals surface area contributed by atoms with Crippen LogP contribution in [0.3, 0.4) is 0 Å². The summed E-state index contributed by atoms with van der Waals surface area (Å²) in [6.07, 6.45) is 1.21. The summed E-state index contributed by atoms with van der Waals surface area (Å²) in [4.78, 5) is 23.3. The molecule has 0 fully saturated rings. The smallest absolute Gasteiger partial charge is 0.186 e. The van der Waals surface area contributed by atoms with Crippen LogP contribution in [0.2, 0.25) is 0 Å². The summed E-state index contributed by atoms with van der Waals surface area (Å²) in [5, 5.41) is 0. The first-order chi connectivity index (χ1) is 7.99. The number of hydrogen-bond donors (Lipinski definition) is 1. The normalized spacial score (nSPS) is 20.4. The van der Waals surface area contributed by atoms with Gasteiger partial charge in [0.1, 0.15) is 5.82 Å². The van der Waals surface area contributed by atoms with Crippen molar-refractivity contribution < 1.29 is 14.0 Å². The zero-order valence-corrected chi connectivity index (χ0v) is 9.37. The van der Waals surface area contributed by atoms with E-state index < -0.39 is 11.7 Å². The van der Waals surface area contributed by atoms with Gasteiger partial charge in [-0.3, -0.25) is 9.59 Å². The molecule has 2 rings (SSSR count). The number of ketones is 2. The van der Waals surface area contributed by atoms with Gasteiger partial charge in [0.25, 0.3) is 0 Å². The van der Waals surface area contributed by atoms with E-state index in [2.05, 4.69) is 0 Å². The summed E-state index contributed by atoms with van der Waals surface area (Å²) < 4.78 is 13.2. The Morgan fingerprint density at radius 2 is 2.06 bits per heavy atom. The number of benzene rings is 1. The van der Waals surface area contributed by atoms with Gasteiger partial charge in [0.2, 0.25) is 0 Å². The van der Waals surface area contributed by atoms with Crippen LogP contribution in [0.25, 0.3) is 0 Å². The Morgan fingerprint density at radius 3 is 2.76 bits per heavy atom. The average molecular weight is 233 g/mol. The number of allylic oxidation sites excluding steroid dienone is 2. The van der Waals surface area contributed by atoms with Crippen LogP contribution in [0.5, 0.6) is 0 Å². The molecule has 0 spiro atoms. The lowest BCUT2D eigenvalue weighted by Crippen LogP contribution is -2.27. The quantitative estimate of drug-likeness (QED) is 0.801. The number of hydrogen-bond acceptors (Lipinski definition) is 3. The summed E-state index contributed by atoms with van der Waals surface area (Å²) in [5.41, 5.74) is 6.76. The minimum atomic E-state index is -0.650. The summed E-state index contributed by atoms with van der Waals surface area (Å²) in [5.74, 6) is -1.57. The number of rotatable bonds is 1. The Bertz CT molecular complexity index is 534. The second-order valence-corrected chi connectivity index (χ2v) is 4.19. The molecule has 0 bridgehead atoms. The van der Waals surface area contributed by atoms with E-state index >= 15 is 0 Å². The van der Waals surface area contributed by atoms with E-state index in [1.165, 1.54) is 12.1 Å². The molecule has 0 aliphatic heterocycles. The fraction of sp³-hybridized carbons (Fsp3) is 0.231. The van der Waals surface area contributed by atoms with E-state index in [4.69, 9.17) is 5.73 Å². The number of nitrogens with two attached hydrogens (primary N) is 1. The van der Waals surface area contributed by atoms with Crippen LogP contribution in [0.4, 0.5) is 4.39 Å². The van der Waals surface area contributed by atoms with Crippen molar-refractivity contribution in [2.24, 2.45) is 5.73 Å². The van der Waals surface area contributed by atoms with Gasteiger partial charge in [-0.1, -0.05) is 6.07 Å². The van der Waals surface area contributed by atoms with Crippen molar-refractivity contribution >= 4 is 11.6 Å². The van der Waals surface area contributed by atoms with Gasteiger partial charge in [0.15, 0.2) is 11.6 Å².